The molecule has 0 atom stereocenters. The number of halogens is 6. The average Bonchev–Trinajstić information content (AvgIpc) is 1.61. The van der Waals surface area contributed by atoms with Gasteiger partial charge in [0.2, 0.25) is 0 Å². The summed E-state index contributed by atoms with van der Waals surface area (Å²) in [5, 5.41) is 30.1. The lowest BCUT2D eigenvalue weighted by Gasteiger charge is -2.14. The van der Waals surface area contributed by atoms with Crippen LogP contribution in [0.25, 0.3) is 94.7 Å². The molecule has 4 heterocycles. The summed E-state index contributed by atoms with van der Waals surface area (Å²) in [6.07, 6.45) is 7.16. The van der Waals surface area contributed by atoms with E-state index >= 15 is 8.78 Å². The summed E-state index contributed by atoms with van der Waals surface area (Å²) >= 11 is 12.2. The van der Waals surface area contributed by atoms with Crippen LogP contribution < -0.4 is 34.9 Å². The molecule has 134 heavy (non-hydrogen) atoms. The van der Waals surface area contributed by atoms with Gasteiger partial charge in [-0.1, -0.05) is 164 Å². The van der Waals surface area contributed by atoms with Crippen molar-refractivity contribution >= 4 is 111 Å². The van der Waals surface area contributed by atoms with Crippen LogP contribution in [0.3, 0.4) is 0 Å². The van der Waals surface area contributed by atoms with Gasteiger partial charge in [-0.3, -0.25) is 0 Å². The Labute approximate surface area is 808 Å². The van der Waals surface area contributed by atoms with Crippen molar-refractivity contribution in [3.05, 3.63) is 376 Å². The molecule has 0 bridgehead atoms. The fraction of sp³-hybridized carbons (Fsp3) is 0.228. The minimum atomic E-state index is -1.41. The Kier molecular flexibility index (Phi) is 36.9. The van der Waals surface area contributed by atoms with Crippen LogP contribution in [0.15, 0.2) is 264 Å². The normalized spacial score (nSPS) is 10.8. The highest BCUT2D eigenvalue weighted by Gasteiger charge is 2.25. The van der Waals surface area contributed by atoms with E-state index in [-0.39, 0.29) is 24.1 Å². The van der Waals surface area contributed by atoms with E-state index in [2.05, 4.69) is 164 Å². The smallest absolute Gasteiger partial charge is 0.488 e. The van der Waals surface area contributed by atoms with E-state index in [0.717, 1.165) is 145 Å². The second kappa shape index (κ2) is 48.5. The summed E-state index contributed by atoms with van der Waals surface area (Å²) in [6, 6.07) is 86.1. The Morgan fingerprint density at radius 1 is 0.396 bits per heavy atom. The van der Waals surface area contributed by atoms with Crippen molar-refractivity contribution in [1.29, 1.82) is 0 Å². The van der Waals surface area contributed by atoms with Gasteiger partial charge in [-0.25, -0.2) is 13.2 Å². The third-order valence-electron chi connectivity index (χ3n) is 23.4. The number of hydrogen-bond acceptors (Lipinski definition) is 9. The van der Waals surface area contributed by atoms with Gasteiger partial charge in [0.15, 0.2) is 17.5 Å². The second-order valence-electron chi connectivity index (χ2n) is 33.6. The summed E-state index contributed by atoms with van der Waals surface area (Å²) in [5.41, 5.74) is 36.5. The topological polar surface area (TPSA) is 174 Å². The number of nitrogen functional groups attached to an aromatic ring is 1. The molecule has 4 aromatic heterocycles. The number of H-pyrrole nitrogens is 2. The SMILES string of the molecule is CCCc1ccc(CCl)cc1.CCCc1ccc(Cn2c(-c3ccc(OC)cc3C)c(F)c3cc(C)ccc32)cc1.COc1ccc(-c2[nH]c3ccc(C)cc3c2F)c(C)c1.COc1ccc(-c2c(F)c3cc(C)ccc3n2Cc2ccc(CCO)cc2)c(C)c1.COc1ccc(-c2cc3cc(C)ccc3[nH]2)c(C)c1.COc1ccc(B(O)O)c(C)c1.Cc1ccc(N)c(C=C(Br)Br)c1. The zero-order valence-corrected chi connectivity index (χ0v) is 83.4. The molecule has 13 aromatic carbocycles. The molecular formula is C114H120BBr2ClF3N5O8. The monoisotopic (exact) mass is 1950 g/mol. The Bertz CT molecular complexity index is 6690. The third-order valence-corrected chi connectivity index (χ3v) is 24.2. The third kappa shape index (κ3) is 26.3. The number of rotatable bonds is 22. The van der Waals surface area contributed by atoms with Crippen molar-refractivity contribution < 1.29 is 52.0 Å². The molecule has 0 fully saturated rings. The van der Waals surface area contributed by atoms with Crippen LogP contribution >= 0.6 is 43.5 Å². The van der Waals surface area contributed by atoms with E-state index in [0.29, 0.717) is 64.1 Å². The van der Waals surface area contributed by atoms with E-state index in [1.807, 2.05) is 212 Å². The fourth-order valence-corrected chi connectivity index (χ4v) is 16.9. The van der Waals surface area contributed by atoms with Crippen molar-refractivity contribution in [2.75, 3.05) is 47.9 Å². The van der Waals surface area contributed by atoms with Crippen molar-refractivity contribution in [3.8, 4) is 73.8 Å². The van der Waals surface area contributed by atoms with E-state index in [4.69, 9.17) is 56.2 Å². The van der Waals surface area contributed by atoms with Crippen LogP contribution in [0.2, 0.25) is 0 Å². The molecule has 0 unspecified atom stereocenters. The highest BCUT2D eigenvalue weighted by atomic mass is 79.9. The van der Waals surface area contributed by atoms with Gasteiger partial charge in [0, 0.05) is 91.8 Å². The first-order chi connectivity index (χ1) is 64.4. The Balaban J connectivity index is 0.000000156. The number of fused-ring (bicyclic) bond motifs is 4. The molecule has 13 nitrogen and oxygen atoms in total. The number of ether oxygens (including phenoxy) is 5. The summed E-state index contributed by atoms with van der Waals surface area (Å²) in [7, 11) is 6.77. The largest absolute Gasteiger partial charge is 0.497 e. The summed E-state index contributed by atoms with van der Waals surface area (Å²) in [4.78, 5) is 6.65. The van der Waals surface area contributed by atoms with Gasteiger partial charge in [0.25, 0.3) is 0 Å². The van der Waals surface area contributed by atoms with Crippen LogP contribution in [-0.4, -0.2) is 83.5 Å². The highest BCUT2D eigenvalue weighted by molar-refractivity contribution is 9.28. The van der Waals surface area contributed by atoms with Crippen LogP contribution in [0.5, 0.6) is 28.7 Å². The summed E-state index contributed by atoms with van der Waals surface area (Å²) < 4.78 is 77.2. The average molecular weight is 1950 g/mol. The number of aromatic amines is 2. The van der Waals surface area contributed by atoms with Gasteiger partial charge < -0.3 is 63.7 Å². The maximum atomic E-state index is 15.7. The second-order valence-corrected chi connectivity index (χ2v) is 36.7. The van der Waals surface area contributed by atoms with Crippen molar-refractivity contribution in [2.45, 2.75) is 134 Å². The summed E-state index contributed by atoms with van der Waals surface area (Å²) in [6.45, 7) is 25.6. The first kappa shape index (κ1) is 102. The van der Waals surface area contributed by atoms with Crippen LogP contribution in [-0.2, 0) is 38.2 Å². The number of aliphatic hydroxyl groups is 1. The molecule has 7 N–H and O–H groups in total. The number of aromatic nitrogens is 4. The number of benzene rings is 13. The van der Waals surface area contributed by atoms with Crippen molar-refractivity contribution in [1.82, 2.24) is 19.1 Å². The van der Waals surface area contributed by atoms with Gasteiger partial charge >= 0.3 is 7.12 Å². The minimum Gasteiger partial charge on any atom is -0.497 e. The number of aryl methyl sites for hydroxylation is 12. The first-order valence-corrected chi connectivity index (χ1v) is 46.9. The maximum absolute atomic E-state index is 15.7. The standard InChI is InChI=1S/C27H28FNO.C26H26FNO2.C17H16FNO.C17H17NO.C10H13Cl.C9H9Br2N.C8H11BO3/c1-5-6-20-8-10-21(11-9-20)17-29-25-14-7-18(2)15-24(25)26(28)27(29)23-13-12-22(30-4)16-19(23)3;1-17-4-11-24-23(14-17)25(27)26(22-10-9-21(30-3)15-18(22)2)28(24)16-20-7-5-19(6-8-20)12-13-29;1-10-4-7-15-14(8-10)16(18)17(19-15)13-6-5-12(20-3)9-11(13)2;1-11-4-7-16-13(8-11)10-17(18-16)15-6-5-14(19-3)9-12(15)2;1-2-3-9-4-6-10(8-11)7-5-9;1-6-2-3-8(12)7(4-6)5-9(10)11;1-6-5-7(12-2)3-4-8(6)9(10)11/h7-16H,5-6,17H2,1-4H3;4-11,14-15,29H,12-13,16H2,1-3H3;4-9,19H,1-3H3;4-10,18H,1-3H3;4-7H,2-3,8H2,1H3;2-5H,12H2,1H3;3-5,10-11H,1-2H3. The highest BCUT2D eigenvalue weighted by Crippen LogP contribution is 2.41. The quantitative estimate of drug-likeness (QED) is 0.0219. The van der Waals surface area contributed by atoms with Crippen LogP contribution in [0, 0.1) is 86.7 Å². The van der Waals surface area contributed by atoms with Gasteiger partial charge in [0.1, 0.15) is 28.7 Å². The molecule has 0 saturated carbocycles. The lowest BCUT2D eigenvalue weighted by Crippen LogP contribution is -2.31. The van der Waals surface area contributed by atoms with Crippen LogP contribution in [0.1, 0.15) is 121 Å². The number of nitrogens with one attached hydrogen (secondary N) is 2. The molecule has 17 rings (SSSR count). The number of alkyl halides is 1. The molecular weight excluding hydrogens is 1830 g/mol. The number of methoxy groups -OCH3 is 5. The lowest BCUT2D eigenvalue weighted by molar-refractivity contribution is 0.299. The van der Waals surface area contributed by atoms with Gasteiger partial charge in [-0.2, -0.15) is 0 Å². The van der Waals surface area contributed by atoms with Crippen molar-refractivity contribution in [2.24, 2.45) is 0 Å². The van der Waals surface area contributed by atoms with E-state index in [1.54, 1.807) is 60.7 Å². The van der Waals surface area contributed by atoms with E-state index < -0.39 is 7.12 Å². The Hall–Kier alpha value is -12.5. The predicted octanol–water partition coefficient (Wildman–Crippen LogP) is 28.5. The molecule has 0 amide bonds. The molecule has 694 valence electrons. The number of nitrogens with zero attached hydrogens (tertiary/aromatic N) is 2. The summed E-state index contributed by atoms with van der Waals surface area (Å²) in [5.74, 6) is 3.99. The lowest BCUT2D eigenvalue weighted by atomic mass is 9.77. The zero-order chi connectivity index (χ0) is 96.6. The number of anilines is 1. The minimum absolute atomic E-state index is 0.132. The maximum Gasteiger partial charge on any atom is 0.488 e. The molecule has 0 aliphatic heterocycles. The van der Waals surface area contributed by atoms with E-state index in [9.17, 15) is 4.39 Å². The first-order valence-electron chi connectivity index (χ1n) is 44.7. The van der Waals surface area contributed by atoms with E-state index in [1.165, 1.54) is 68.3 Å². The van der Waals surface area contributed by atoms with Crippen LogP contribution in [0.4, 0.5) is 18.9 Å². The molecule has 0 aliphatic rings. The zero-order valence-electron chi connectivity index (χ0n) is 79.5. The number of aliphatic hydroxyl groups excluding tert-OH is 1. The molecule has 20 heteroatoms. The number of hydrogen-bond donors (Lipinski definition) is 6. The molecule has 0 saturated heterocycles. The van der Waals surface area contributed by atoms with Gasteiger partial charge in [0.05, 0.1) is 67.1 Å². The van der Waals surface area contributed by atoms with Gasteiger partial charge in [-0.15, -0.1) is 11.6 Å². The molecule has 0 aliphatic carbocycles. The predicted molar refractivity (Wildman–Crippen MR) is 561 cm³/mol. The Morgan fingerprint density at radius 2 is 0.769 bits per heavy atom. The Morgan fingerprint density at radius 3 is 1.18 bits per heavy atom. The van der Waals surface area contributed by atoms with Gasteiger partial charge in [-0.05, 0) is 350 Å². The number of nitrogens with two attached hydrogens (primary N) is 1. The van der Waals surface area contributed by atoms with Crippen molar-refractivity contribution in [3.63, 3.8) is 0 Å². The molecule has 0 spiro atoms. The fourth-order valence-electron chi connectivity index (χ4n) is 16.2. The molecule has 0 radical (unpaired) electrons. The molecule has 17 aromatic rings.